The molecule has 0 radical (unpaired) electrons. The summed E-state index contributed by atoms with van der Waals surface area (Å²) in [7, 11) is 0. The van der Waals surface area contributed by atoms with Gasteiger partial charge in [-0.15, -0.1) is 0 Å². The number of halogens is 1. The molecule has 3 rings (SSSR count). The summed E-state index contributed by atoms with van der Waals surface area (Å²) in [5.74, 6) is 1.54. The molecule has 104 valence electrons. The highest BCUT2D eigenvalue weighted by molar-refractivity contribution is 6.30. The molecule has 0 atom stereocenters. The minimum atomic E-state index is 0.398. The third kappa shape index (κ3) is 3.28. The van der Waals surface area contributed by atoms with E-state index in [0.717, 1.165) is 24.4 Å². The molecule has 0 N–H and O–H groups in total. The first kappa shape index (κ1) is 13.4. The first-order valence-corrected chi connectivity index (χ1v) is 7.41. The van der Waals surface area contributed by atoms with Gasteiger partial charge < -0.3 is 4.74 Å². The molecule has 1 aliphatic rings. The fourth-order valence-electron chi connectivity index (χ4n) is 2.44. The van der Waals surface area contributed by atoms with Crippen LogP contribution in [0.15, 0.2) is 30.5 Å². The number of hydrogen-bond donors (Lipinski definition) is 0. The molecule has 0 amide bonds. The lowest BCUT2D eigenvalue weighted by molar-refractivity contribution is 0.295. The molecule has 0 bridgehead atoms. The number of ether oxygens (including phenoxy) is 1. The minimum Gasteiger partial charge on any atom is -0.486 e. The third-order valence-electron chi connectivity index (χ3n) is 3.55. The second kappa shape index (κ2) is 6.23. The summed E-state index contributed by atoms with van der Waals surface area (Å²) in [5, 5.41) is 0.707. The molecule has 4 heteroatoms. The van der Waals surface area contributed by atoms with Gasteiger partial charge in [-0.1, -0.05) is 18.0 Å². The Hall–Kier alpha value is -1.61. The molecule has 20 heavy (non-hydrogen) atoms. The summed E-state index contributed by atoms with van der Waals surface area (Å²) in [5.41, 5.74) is 2.50. The van der Waals surface area contributed by atoms with Crippen LogP contribution in [0.3, 0.4) is 0 Å². The van der Waals surface area contributed by atoms with Gasteiger partial charge in [-0.25, -0.2) is 9.97 Å². The Morgan fingerprint density at radius 1 is 1.05 bits per heavy atom. The van der Waals surface area contributed by atoms with E-state index in [-0.39, 0.29) is 0 Å². The molecular weight excluding hydrogens is 272 g/mol. The van der Waals surface area contributed by atoms with E-state index in [2.05, 4.69) is 9.97 Å². The standard InChI is InChI=1S/C16H17ClN2O/c17-13-6-8-14(9-7-13)20-11-16-18-10-12-4-2-1-3-5-15(12)19-16/h6-10H,1-5,11H2. The van der Waals surface area contributed by atoms with Crippen LogP contribution in [0.4, 0.5) is 0 Å². The van der Waals surface area contributed by atoms with Crippen LogP contribution in [0.1, 0.15) is 36.3 Å². The largest absolute Gasteiger partial charge is 0.486 e. The molecule has 0 saturated heterocycles. The lowest BCUT2D eigenvalue weighted by atomic mass is 10.1. The highest BCUT2D eigenvalue weighted by atomic mass is 35.5. The van der Waals surface area contributed by atoms with Crippen LogP contribution in [0.25, 0.3) is 0 Å². The van der Waals surface area contributed by atoms with Gasteiger partial charge in [-0.05, 0) is 55.5 Å². The Kier molecular flexibility index (Phi) is 4.16. The van der Waals surface area contributed by atoms with Crippen molar-refractivity contribution in [2.45, 2.75) is 38.7 Å². The lowest BCUT2D eigenvalue weighted by Gasteiger charge is -2.08. The van der Waals surface area contributed by atoms with Crippen molar-refractivity contribution < 1.29 is 4.74 Å². The van der Waals surface area contributed by atoms with E-state index in [1.165, 1.54) is 30.5 Å². The van der Waals surface area contributed by atoms with Gasteiger partial charge in [0.05, 0.1) is 0 Å². The number of aryl methyl sites for hydroxylation is 2. The number of hydrogen-bond acceptors (Lipinski definition) is 3. The van der Waals surface area contributed by atoms with E-state index in [4.69, 9.17) is 16.3 Å². The molecule has 0 spiro atoms. The fraction of sp³-hybridized carbons (Fsp3) is 0.375. The smallest absolute Gasteiger partial charge is 0.166 e. The van der Waals surface area contributed by atoms with Crippen molar-refractivity contribution in [1.82, 2.24) is 9.97 Å². The van der Waals surface area contributed by atoms with Crippen molar-refractivity contribution in [2.75, 3.05) is 0 Å². The molecule has 1 aromatic heterocycles. The Morgan fingerprint density at radius 3 is 2.70 bits per heavy atom. The molecule has 0 aliphatic heterocycles. The van der Waals surface area contributed by atoms with Crippen LogP contribution in [-0.4, -0.2) is 9.97 Å². The lowest BCUT2D eigenvalue weighted by Crippen LogP contribution is -2.06. The van der Waals surface area contributed by atoms with Gasteiger partial charge in [-0.3, -0.25) is 0 Å². The number of nitrogens with zero attached hydrogens (tertiary/aromatic N) is 2. The first-order chi connectivity index (χ1) is 9.81. The second-order valence-electron chi connectivity index (χ2n) is 5.06. The highest BCUT2D eigenvalue weighted by Gasteiger charge is 2.11. The Balaban J connectivity index is 1.68. The summed E-state index contributed by atoms with van der Waals surface area (Å²) in [4.78, 5) is 9.05. The Morgan fingerprint density at radius 2 is 1.85 bits per heavy atom. The van der Waals surface area contributed by atoms with Gasteiger partial charge in [0.15, 0.2) is 5.82 Å². The van der Waals surface area contributed by atoms with E-state index in [9.17, 15) is 0 Å². The molecule has 3 nitrogen and oxygen atoms in total. The van der Waals surface area contributed by atoms with E-state index in [1.807, 2.05) is 30.5 Å². The molecule has 2 aromatic rings. The average Bonchev–Trinajstić information content (AvgIpc) is 2.71. The van der Waals surface area contributed by atoms with Gasteiger partial charge in [0.25, 0.3) is 0 Å². The summed E-state index contributed by atoms with van der Waals surface area (Å²) in [6, 6.07) is 7.33. The summed E-state index contributed by atoms with van der Waals surface area (Å²) >= 11 is 5.84. The fourth-order valence-corrected chi connectivity index (χ4v) is 2.57. The zero-order valence-electron chi connectivity index (χ0n) is 11.3. The summed E-state index contributed by atoms with van der Waals surface area (Å²) < 4.78 is 5.69. The maximum absolute atomic E-state index is 5.84. The topological polar surface area (TPSA) is 35.0 Å². The van der Waals surface area contributed by atoms with E-state index in [1.54, 1.807) is 0 Å². The second-order valence-corrected chi connectivity index (χ2v) is 5.50. The van der Waals surface area contributed by atoms with Crippen LogP contribution in [-0.2, 0) is 19.4 Å². The summed E-state index contributed by atoms with van der Waals surface area (Å²) in [6.07, 6.45) is 7.89. The first-order valence-electron chi connectivity index (χ1n) is 7.03. The Labute approximate surface area is 124 Å². The monoisotopic (exact) mass is 288 g/mol. The summed E-state index contributed by atoms with van der Waals surface area (Å²) in [6.45, 7) is 0.398. The molecule has 1 aromatic carbocycles. The number of aromatic nitrogens is 2. The van der Waals surface area contributed by atoms with Gasteiger partial charge in [0.2, 0.25) is 0 Å². The van der Waals surface area contributed by atoms with Crippen LogP contribution in [0.2, 0.25) is 5.02 Å². The zero-order valence-corrected chi connectivity index (χ0v) is 12.1. The normalized spacial score (nSPS) is 14.4. The SMILES string of the molecule is Clc1ccc(OCc2ncc3c(n2)CCCCC3)cc1. The predicted molar refractivity (Wildman–Crippen MR) is 79.1 cm³/mol. The van der Waals surface area contributed by atoms with Crippen LogP contribution in [0.5, 0.6) is 5.75 Å². The van der Waals surface area contributed by atoms with Crippen molar-refractivity contribution in [3.8, 4) is 5.75 Å². The van der Waals surface area contributed by atoms with Crippen molar-refractivity contribution >= 4 is 11.6 Å². The van der Waals surface area contributed by atoms with Gasteiger partial charge in [0, 0.05) is 16.9 Å². The molecule has 0 saturated carbocycles. The minimum absolute atomic E-state index is 0.398. The highest BCUT2D eigenvalue weighted by Crippen LogP contribution is 2.19. The predicted octanol–water partition coefficient (Wildman–Crippen LogP) is 3.98. The quantitative estimate of drug-likeness (QED) is 0.801. The van der Waals surface area contributed by atoms with Gasteiger partial charge in [0.1, 0.15) is 12.4 Å². The van der Waals surface area contributed by atoms with Crippen molar-refractivity contribution in [3.05, 3.63) is 52.6 Å². The van der Waals surface area contributed by atoms with Crippen LogP contribution < -0.4 is 4.74 Å². The maximum atomic E-state index is 5.84. The molecule has 0 fully saturated rings. The Bertz CT molecular complexity index is 584. The van der Waals surface area contributed by atoms with Gasteiger partial charge >= 0.3 is 0 Å². The molecule has 1 aliphatic carbocycles. The average molecular weight is 289 g/mol. The number of rotatable bonds is 3. The van der Waals surface area contributed by atoms with Crippen LogP contribution >= 0.6 is 11.6 Å². The zero-order chi connectivity index (χ0) is 13.8. The van der Waals surface area contributed by atoms with E-state index >= 15 is 0 Å². The van der Waals surface area contributed by atoms with E-state index < -0.39 is 0 Å². The third-order valence-corrected chi connectivity index (χ3v) is 3.80. The van der Waals surface area contributed by atoms with Crippen LogP contribution in [0, 0.1) is 0 Å². The maximum Gasteiger partial charge on any atom is 0.166 e. The number of fused-ring (bicyclic) bond motifs is 1. The molecule has 1 heterocycles. The van der Waals surface area contributed by atoms with Crippen molar-refractivity contribution in [3.63, 3.8) is 0 Å². The molecule has 0 unspecified atom stereocenters. The van der Waals surface area contributed by atoms with Crippen molar-refractivity contribution in [2.24, 2.45) is 0 Å². The van der Waals surface area contributed by atoms with Gasteiger partial charge in [-0.2, -0.15) is 0 Å². The number of benzene rings is 1. The van der Waals surface area contributed by atoms with Crippen molar-refractivity contribution in [1.29, 1.82) is 0 Å². The van der Waals surface area contributed by atoms with E-state index in [0.29, 0.717) is 11.6 Å². The molecular formula is C16H17ClN2O.